The monoisotopic (exact) mass is 355 g/mol. The van der Waals surface area contributed by atoms with Gasteiger partial charge >= 0.3 is 6.09 Å². The number of primary amides is 1. The molecule has 1 amide bonds. The number of ether oxygens (including phenoxy) is 2. The van der Waals surface area contributed by atoms with E-state index in [-0.39, 0.29) is 5.72 Å². The molecule has 0 unspecified atom stereocenters. The highest BCUT2D eigenvalue weighted by Gasteiger charge is 2.42. The third-order valence-electron chi connectivity index (χ3n) is 4.51. The van der Waals surface area contributed by atoms with Crippen molar-refractivity contribution in [3.63, 3.8) is 0 Å². The van der Waals surface area contributed by atoms with E-state index in [1.807, 2.05) is 75.4 Å². The summed E-state index contributed by atoms with van der Waals surface area (Å²) in [7, 11) is 0. The molecule has 0 bridgehead atoms. The summed E-state index contributed by atoms with van der Waals surface area (Å²) in [6, 6.07) is 17.5. The maximum atomic E-state index is 11.9. The normalized spacial score (nSPS) is 14.4. The highest BCUT2D eigenvalue weighted by Crippen LogP contribution is 2.38. The second-order valence-electron chi connectivity index (χ2n) is 7.31. The molecule has 26 heavy (non-hydrogen) atoms. The molecule has 0 aliphatic carbocycles. The number of carbonyl (C=O) groups excluding carboxylic acids is 1. The van der Waals surface area contributed by atoms with Gasteiger partial charge in [0.25, 0.3) is 0 Å². The van der Waals surface area contributed by atoms with Crippen molar-refractivity contribution in [2.75, 3.05) is 0 Å². The van der Waals surface area contributed by atoms with Crippen LogP contribution in [0.2, 0.25) is 2.82 Å². The zero-order chi connectivity index (χ0) is 20.8. The summed E-state index contributed by atoms with van der Waals surface area (Å²) in [6.45, 7) is 10.1. The van der Waals surface area contributed by atoms with Crippen LogP contribution in [0.1, 0.15) is 31.9 Å². The predicted molar refractivity (Wildman–Crippen MR) is 104 cm³/mol. The van der Waals surface area contributed by atoms with Gasteiger partial charge in [-0.15, -0.1) is 0 Å². The summed E-state index contributed by atoms with van der Waals surface area (Å²) in [5.74, 6) is 0.744. The number of amides is 1. The molecular formula is C22H27NO3. The average Bonchev–Trinajstić information content (AvgIpc) is 2.66. The molecule has 4 nitrogen and oxygen atoms in total. The first-order valence-electron chi connectivity index (χ1n) is 9.46. The fraction of sp³-hybridized carbons (Fsp3) is 0.318. The lowest BCUT2D eigenvalue weighted by Crippen LogP contribution is -2.48. The van der Waals surface area contributed by atoms with Gasteiger partial charge in [-0.3, -0.25) is 0 Å². The molecule has 2 aromatic carbocycles. The van der Waals surface area contributed by atoms with Crippen LogP contribution in [0.3, 0.4) is 0 Å². The zero-order valence-electron chi connectivity index (χ0n) is 17.6. The molecular weight excluding hydrogens is 326 g/mol. The van der Waals surface area contributed by atoms with Gasteiger partial charge in [0.1, 0.15) is 18.0 Å². The fourth-order valence-corrected chi connectivity index (χ4v) is 2.78. The highest BCUT2D eigenvalue weighted by atomic mass is 16.6. The molecule has 4 heteroatoms. The molecule has 0 aliphatic heterocycles. The minimum atomic E-state index is -1.06. The van der Waals surface area contributed by atoms with Crippen LogP contribution in [0.25, 0.3) is 0 Å². The quantitative estimate of drug-likeness (QED) is 0.720. The van der Waals surface area contributed by atoms with E-state index in [1.54, 1.807) is 6.08 Å². The first kappa shape index (κ1) is 16.7. The molecule has 0 radical (unpaired) electrons. The van der Waals surface area contributed by atoms with Crippen LogP contribution in [0.5, 0.6) is 5.75 Å². The Kier molecular flexibility index (Phi) is 5.19. The Morgan fingerprint density at radius 3 is 2.31 bits per heavy atom. The first-order chi connectivity index (χ1) is 13.2. The predicted octanol–water partition coefficient (Wildman–Crippen LogP) is 4.87. The zero-order valence-corrected chi connectivity index (χ0v) is 15.6. The largest absolute Gasteiger partial charge is 0.489 e. The minimum Gasteiger partial charge on any atom is -0.489 e. The molecule has 2 aromatic rings. The van der Waals surface area contributed by atoms with E-state index in [9.17, 15) is 4.79 Å². The molecule has 0 fully saturated rings. The second-order valence-corrected chi connectivity index (χ2v) is 7.31. The van der Waals surface area contributed by atoms with Gasteiger partial charge in [-0.05, 0) is 29.3 Å². The molecule has 1 atom stereocenters. The lowest BCUT2D eigenvalue weighted by atomic mass is 9.73. The van der Waals surface area contributed by atoms with Crippen LogP contribution < -0.4 is 10.5 Å². The van der Waals surface area contributed by atoms with E-state index < -0.39 is 17.1 Å². The number of benzene rings is 2. The van der Waals surface area contributed by atoms with Gasteiger partial charge in [-0.25, -0.2) is 4.79 Å². The van der Waals surface area contributed by atoms with E-state index in [0.29, 0.717) is 13.0 Å². The molecule has 0 heterocycles. The smallest absolute Gasteiger partial charge is 0.405 e. The Balaban J connectivity index is 2.13. The summed E-state index contributed by atoms with van der Waals surface area (Å²) in [5.41, 5.74) is 0.410. The van der Waals surface area contributed by atoms with Crippen LogP contribution in [0.4, 0.5) is 4.79 Å². The standard InChI is InChI=1S/C22H27NO3/c1-5-22(21(2,3)4,26-20(23)24)15-17-11-13-19(14-12-17)25-16-18-9-7-6-8-10-18/h5-14H,1,15-16H2,2-4H3,(H2,23,24)/t22-/m1/s1/i/hD2. The molecule has 2 rings (SSSR count). The molecule has 0 aliphatic rings. The number of hydrogen-bond acceptors (Lipinski definition) is 3. The van der Waals surface area contributed by atoms with Crippen LogP contribution in [-0.2, 0) is 17.8 Å². The number of nitrogens with two attached hydrogens (primary N) is 1. The van der Waals surface area contributed by atoms with Gasteiger partial charge in [0.2, 0.25) is 0 Å². The van der Waals surface area contributed by atoms with Crippen molar-refractivity contribution < 1.29 is 17.1 Å². The van der Waals surface area contributed by atoms with E-state index in [1.165, 1.54) is 0 Å². The van der Waals surface area contributed by atoms with Gasteiger partial charge in [-0.2, -0.15) is 0 Å². The number of hydrogen-bond donors (Lipinski definition) is 1. The number of carbonyl (C=O) groups is 1. The molecule has 2 N–H and O–H groups in total. The summed E-state index contributed by atoms with van der Waals surface area (Å²) < 4.78 is 25.6. The van der Waals surface area contributed by atoms with E-state index >= 15 is 0 Å². The maximum absolute atomic E-state index is 11.9. The Morgan fingerprint density at radius 2 is 1.77 bits per heavy atom. The van der Waals surface area contributed by atoms with Crippen molar-refractivity contribution in [1.82, 2.24) is 0 Å². The van der Waals surface area contributed by atoms with E-state index in [2.05, 4.69) is 6.58 Å². The van der Waals surface area contributed by atoms with Crippen LogP contribution in [0, 0.1) is 5.41 Å². The first-order valence-corrected chi connectivity index (χ1v) is 8.57. The van der Waals surface area contributed by atoms with Crippen LogP contribution >= 0.6 is 0 Å². The lowest BCUT2D eigenvalue weighted by Gasteiger charge is -2.41. The topological polar surface area (TPSA) is 61.6 Å². The summed E-state index contributed by atoms with van der Waals surface area (Å²) in [6.07, 6.45) is 0.907. The third-order valence-corrected chi connectivity index (χ3v) is 4.51. The van der Waals surface area contributed by atoms with Crippen molar-refractivity contribution in [3.8, 4) is 5.75 Å². The summed E-state index contributed by atoms with van der Waals surface area (Å²) >= 11 is 0. The highest BCUT2D eigenvalue weighted by molar-refractivity contribution is 5.65. The maximum Gasteiger partial charge on any atom is 0.405 e. The number of rotatable bonds is 7. The molecule has 0 aromatic heterocycles. The van der Waals surface area contributed by atoms with Gasteiger partial charge in [0, 0.05) is 11.8 Å². The van der Waals surface area contributed by atoms with Crippen LogP contribution in [0.15, 0.2) is 67.3 Å². The van der Waals surface area contributed by atoms with Gasteiger partial charge in [0.15, 0.2) is 2.82 Å². The molecule has 0 spiro atoms. The Morgan fingerprint density at radius 1 is 1.12 bits per heavy atom. The van der Waals surface area contributed by atoms with Crippen molar-refractivity contribution in [3.05, 3.63) is 78.4 Å². The summed E-state index contributed by atoms with van der Waals surface area (Å²) in [5, 5.41) is 0. The van der Waals surface area contributed by atoms with Crippen molar-refractivity contribution in [2.24, 2.45) is 11.1 Å². The minimum absolute atomic E-state index is 0.0650. The van der Waals surface area contributed by atoms with E-state index in [0.717, 1.165) is 16.9 Å². The lowest BCUT2D eigenvalue weighted by molar-refractivity contribution is -0.0257. The van der Waals surface area contributed by atoms with Crippen LogP contribution in [-0.4, -0.2) is 11.7 Å². The fourth-order valence-electron chi connectivity index (χ4n) is 2.78. The molecule has 138 valence electrons. The second kappa shape index (κ2) is 8.09. The SMILES string of the molecule is [2H]N([2H])C(=O)O[C@](C=C)(Cc1ccc(OCc2ccccc2)cc1)C(C)(C)C. The average molecular weight is 355 g/mol. The molecule has 0 saturated carbocycles. The van der Waals surface area contributed by atoms with Gasteiger partial charge in [-0.1, -0.05) is 69.8 Å². The van der Waals surface area contributed by atoms with E-state index in [4.69, 9.17) is 12.3 Å². The Bertz CT molecular complexity index is 786. The van der Waals surface area contributed by atoms with Gasteiger partial charge in [0.05, 0.1) is 0 Å². The van der Waals surface area contributed by atoms with Crippen molar-refractivity contribution in [1.29, 1.82) is 0 Å². The Labute approximate surface area is 158 Å². The summed E-state index contributed by atoms with van der Waals surface area (Å²) in [4.78, 5) is 11.9. The van der Waals surface area contributed by atoms with Crippen molar-refractivity contribution in [2.45, 2.75) is 39.4 Å². The molecule has 0 saturated heterocycles. The Hall–Kier alpha value is -2.75. The third kappa shape index (κ3) is 4.88. The van der Waals surface area contributed by atoms with Crippen molar-refractivity contribution >= 4 is 6.09 Å². The van der Waals surface area contributed by atoms with Gasteiger partial charge < -0.3 is 15.2 Å².